The Morgan fingerprint density at radius 1 is 1.53 bits per heavy atom. The van der Waals surface area contributed by atoms with E-state index in [0.717, 1.165) is 5.56 Å². The molecule has 82 valence electrons. The van der Waals surface area contributed by atoms with Crippen molar-refractivity contribution in [1.29, 1.82) is 0 Å². The molecule has 0 saturated carbocycles. The minimum absolute atomic E-state index is 0.278. The maximum Gasteiger partial charge on any atom is 0.248 e. The summed E-state index contributed by atoms with van der Waals surface area (Å²) in [5.41, 5.74) is 0.759. The molecule has 0 saturated heterocycles. The highest BCUT2D eigenvalue weighted by molar-refractivity contribution is 6.35. The molecule has 3 nitrogen and oxygen atoms in total. The number of amides is 1. The van der Waals surface area contributed by atoms with Gasteiger partial charge in [0.1, 0.15) is 6.10 Å². The lowest BCUT2D eigenvalue weighted by Crippen LogP contribution is -2.32. The van der Waals surface area contributed by atoms with Crippen LogP contribution in [-0.2, 0) is 11.3 Å². The Balaban J connectivity index is 2.62. The molecular formula is C10H11Cl2NO2. The summed E-state index contributed by atoms with van der Waals surface area (Å²) in [6.07, 6.45) is -1.02. The van der Waals surface area contributed by atoms with Crippen molar-refractivity contribution in [3.63, 3.8) is 0 Å². The van der Waals surface area contributed by atoms with Crippen LogP contribution in [0.4, 0.5) is 0 Å². The number of rotatable bonds is 3. The van der Waals surface area contributed by atoms with Gasteiger partial charge in [0.15, 0.2) is 0 Å². The Bertz CT molecular complexity index is 366. The Hall–Kier alpha value is -0.770. The van der Waals surface area contributed by atoms with Crippen LogP contribution in [0.2, 0.25) is 10.0 Å². The summed E-state index contributed by atoms with van der Waals surface area (Å²) < 4.78 is 0. The minimum Gasteiger partial charge on any atom is -0.384 e. The molecule has 0 aliphatic rings. The average molecular weight is 248 g/mol. The van der Waals surface area contributed by atoms with Crippen molar-refractivity contribution in [2.75, 3.05) is 0 Å². The van der Waals surface area contributed by atoms with E-state index in [1.165, 1.54) is 6.92 Å². The molecule has 0 spiro atoms. The third kappa shape index (κ3) is 3.70. The predicted octanol–water partition coefficient (Wildman–Crippen LogP) is 1.99. The standard InChI is InChI=1S/C10H11Cl2NO2/c1-6(14)10(15)13-5-7-2-3-8(11)4-9(7)12/h2-4,6,14H,5H2,1H3,(H,13,15). The van der Waals surface area contributed by atoms with Crippen molar-refractivity contribution in [2.24, 2.45) is 0 Å². The highest BCUT2D eigenvalue weighted by Crippen LogP contribution is 2.20. The molecule has 1 unspecified atom stereocenters. The number of hydrogen-bond acceptors (Lipinski definition) is 2. The molecule has 0 radical (unpaired) electrons. The highest BCUT2D eigenvalue weighted by Gasteiger charge is 2.08. The molecule has 1 amide bonds. The van der Waals surface area contributed by atoms with E-state index in [1.807, 2.05) is 0 Å². The fourth-order valence-corrected chi connectivity index (χ4v) is 1.47. The van der Waals surface area contributed by atoms with Gasteiger partial charge >= 0.3 is 0 Å². The van der Waals surface area contributed by atoms with E-state index in [2.05, 4.69) is 5.32 Å². The van der Waals surface area contributed by atoms with Crippen molar-refractivity contribution in [1.82, 2.24) is 5.32 Å². The molecule has 2 N–H and O–H groups in total. The second kappa shape index (κ2) is 5.35. The van der Waals surface area contributed by atoms with Crippen LogP contribution in [0.3, 0.4) is 0 Å². The van der Waals surface area contributed by atoms with Crippen LogP contribution < -0.4 is 5.32 Å². The molecule has 5 heteroatoms. The maximum atomic E-state index is 11.1. The van der Waals surface area contributed by atoms with E-state index >= 15 is 0 Å². The zero-order valence-corrected chi connectivity index (χ0v) is 9.64. The van der Waals surface area contributed by atoms with Gasteiger partial charge in [-0.3, -0.25) is 4.79 Å². The average Bonchev–Trinajstić information content (AvgIpc) is 2.15. The van der Waals surface area contributed by atoms with Crippen molar-refractivity contribution in [3.05, 3.63) is 33.8 Å². The van der Waals surface area contributed by atoms with E-state index in [1.54, 1.807) is 18.2 Å². The van der Waals surface area contributed by atoms with Gasteiger partial charge in [-0.25, -0.2) is 0 Å². The lowest BCUT2D eigenvalue weighted by molar-refractivity contribution is -0.128. The molecule has 0 heterocycles. The first-order chi connectivity index (χ1) is 7.00. The van der Waals surface area contributed by atoms with E-state index < -0.39 is 12.0 Å². The summed E-state index contributed by atoms with van der Waals surface area (Å²) in [5, 5.41) is 12.5. The van der Waals surface area contributed by atoms with Crippen LogP contribution in [0.5, 0.6) is 0 Å². The maximum absolute atomic E-state index is 11.1. The predicted molar refractivity (Wildman–Crippen MR) is 60.0 cm³/mol. The summed E-state index contributed by atoms with van der Waals surface area (Å²) in [4.78, 5) is 11.1. The lowest BCUT2D eigenvalue weighted by Gasteiger charge is -2.08. The van der Waals surface area contributed by atoms with Gasteiger partial charge in [-0.2, -0.15) is 0 Å². The van der Waals surface area contributed by atoms with E-state index in [4.69, 9.17) is 28.3 Å². The topological polar surface area (TPSA) is 49.3 Å². The zero-order valence-electron chi connectivity index (χ0n) is 8.13. The summed E-state index contributed by atoms with van der Waals surface area (Å²) in [6.45, 7) is 1.68. The number of carbonyl (C=O) groups is 1. The van der Waals surface area contributed by atoms with Crippen molar-refractivity contribution in [3.8, 4) is 0 Å². The Labute approximate surface area is 98.0 Å². The van der Waals surface area contributed by atoms with Crippen LogP contribution >= 0.6 is 23.2 Å². The SMILES string of the molecule is CC(O)C(=O)NCc1ccc(Cl)cc1Cl. The van der Waals surface area contributed by atoms with Crippen LogP contribution in [0.15, 0.2) is 18.2 Å². The van der Waals surface area contributed by atoms with Gasteiger partial charge in [-0.15, -0.1) is 0 Å². The number of halogens is 2. The number of nitrogens with one attached hydrogen (secondary N) is 1. The minimum atomic E-state index is -1.02. The molecule has 0 fully saturated rings. The number of hydrogen-bond donors (Lipinski definition) is 2. The third-order valence-electron chi connectivity index (χ3n) is 1.85. The van der Waals surface area contributed by atoms with Gasteiger partial charge in [0, 0.05) is 16.6 Å². The fourth-order valence-electron chi connectivity index (χ4n) is 0.995. The fraction of sp³-hybridized carbons (Fsp3) is 0.300. The second-order valence-corrected chi connectivity index (χ2v) is 3.97. The van der Waals surface area contributed by atoms with E-state index in [0.29, 0.717) is 10.0 Å². The number of aliphatic hydroxyl groups excluding tert-OH is 1. The first kappa shape index (κ1) is 12.3. The van der Waals surface area contributed by atoms with Gasteiger partial charge in [-0.1, -0.05) is 29.3 Å². The van der Waals surface area contributed by atoms with Crippen LogP contribution in [0.1, 0.15) is 12.5 Å². The quantitative estimate of drug-likeness (QED) is 0.859. The molecule has 0 aromatic heterocycles. The van der Waals surface area contributed by atoms with Crippen LogP contribution in [0.25, 0.3) is 0 Å². The molecule has 0 aliphatic heterocycles. The van der Waals surface area contributed by atoms with Gasteiger partial charge in [0.05, 0.1) is 0 Å². The molecule has 1 aromatic carbocycles. The van der Waals surface area contributed by atoms with Crippen LogP contribution in [-0.4, -0.2) is 17.1 Å². The largest absolute Gasteiger partial charge is 0.384 e. The molecule has 0 aliphatic carbocycles. The second-order valence-electron chi connectivity index (χ2n) is 3.13. The summed E-state index contributed by atoms with van der Waals surface area (Å²) in [7, 11) is 0. The van der Waals surface area contributed by atoms with Crippen molar-refractivity contribution < 1.29 is 9.90 Å². The molecule has 0 bridgehead atoms. The van der Waals surface area contributed by atoms with Gasteiger partial charge in [-0.05, 0) is 24.6 Å². The summed E-state index contributed by atoms with van der Waals surface area (Å²) in [6, 6.07) is 5.03. The van der Waals surface area contributed by atoms with Crippen molar-refractivity contribution in [2.45, 2.75) is 19.6 Å². The molecule has 1 atom stereocenters. The molecule has 1 rings (SSSR count). The number of aliphatic hydroxyl groups is 1. The Kier molecular flexibility index (Phi) is 4.39. The first-order valence-electron chi connectivity index (χ1n) is 4.40. The highest BCUT2D eigenvalue weighted by atomic mass is 35.5. The Morgan fingerprint density at radius 2 is 2.20 bits per heavy atom. The number of benzene rings is 1. The normalized spacial score (nSPS) is 12.3. The Morgan fingerprint density at radius 3 is 2.73 bits per heavy atom. The molecule has 1 aromatic rings. The van der Waals surface area contributed by atoms with Crippen molar-refractivity contribution >= 4 is 29.1 Å². The molecular weight excluding hydrogens is 237 g/mol. The van der Waals surface area contributed by atoms with Crippen LogP contribution in [0, 0.1) is 0 Å². The third-order valence-corrected chi connectivity index (χ3v) is 2.43. The first-order valence-corrected chi connectivity index (χ1v) is 5.16. The summed E-state index contributed by atoms with van der Waals surface area (Å²) in [5.74, 6) is -0.430. The smallest absolute Gasteiger partial charge is 0.248 e. The summed E-state index contributed by atoms with van der Waals surface area (Å²) >= 11 is 11.6. The van der Waals surface area contributed by atoms with E-state index in [9.17, 15) is 4.79 Å². The van der Waals surface area contributed by atoms with Gasteiger partial charge < -0.3 is 10.4 Å². The zero-order chi connectivity index (χ0) is 11.4. The van der Waals surface area contributed by atoms with Gasteiger partial charge in [0.25, 0.3) is 0 Å². The lowest BCUT2D eigenvalue weighted by atomic mass is 10.2. The number of carbonyl (C=O) groups excluding carboxylic acids is 1. The van der Waals surface area contributed by atoms with E-state index in [-0.39, 0.29) is 6.54 Å². The molecule has 15 heavy (non-hydrogen) atoms. The monoisotopic (exact) mass is 247 g/mol. The van der Waals surface area contributed by atoms with Gasteiger partial charge in [0.2, 0.25) is 5.91 Å².